The van der Waals surface area contributed by atoms with Crippen LogP contribution in [-0.2, 0) is 15.9 Å². The van der Waals surface area contributed by atoms with Gasteiger partial charge in [-0.05, 0) is 30.0 Å². The van der Waals surface area contributed by atoms with E-state index in [0.29, 0.717) is 42.4 Å². The summed E-state index contributed by atoms with van der Waals surface area (Å²) in [6.45, 7) is 5.02. The monoisotopic (exact) mass is 437 g/mol. The zero-order valence-electron chi connectivity index (χ0n) is 17.5. The van der Waals surface area contributed by atoms with E-state index in [2.05, 4.69) is 4.74 Å². The van der Waals surface area contributed by atoms with E-state index in [4.69, 9.17) is 21.1 Å². The highest BCUT2D eigenvalue weighted by Gasteiger charge is 2.32. The van der Waals surface area contributed by atoms with Gasteiger partial charge in [0, 0.05) is 37.9 Å². The number of esters is 1. The Morgan fingerprint density at radius 1 is 1.30 bits per heavy atom. The first-order chi connectivity index (χ1) is 14.3. The van der Waals surface area contributed by atoms with Crippen molar-refractivity contribution >= 4 is 17.6 Å². The minimum absolute atomic E-state index is 0.117. The van der Waals surface area contributed by atoms with Gasteiger partial charge in [0.15, 0.2) is 5.82 Å². The third-order valence-corrected chi connectivity index (χ3v) is 5.60. The van der Waals surface area contributed by atoms with Crippen LogP contribution in [0.2, 0.25) is 5.02 Å². The van der Waals surface area contributed by atoms with Gasteiger partial charge in [-0.3, -0.25) is 4.79 Å². The Kier molecular flexibility index (Phi) is 6.83. The molecule has 6 nitrogen and oxygen atoms in total. The number of hydrogen-bond donors (Lipinski definition) is 0. The van der Waals surface area contributed by atoms with E-state index in [1.807, 2.05) is 19.9 Å². The molecule has 2 heterocycles. The standard InChI is InChI=1S/C22H25ClFNO5/c1-12(2)17-8-13-9-18(30-7-5-6-28-3)16(23)10-14(13)20-19(24)21(26)15(11-25(17)20)22(27)29-4/h9-12,17H,5-8H2,1-4H3/t17-/m0/s1. The minimum atomic E-state index is -0.991. The fourth-order valence-corrected chi connectivity index (χ4v) is 3.96. The van der Waals surface area contributed by atoms with Crippen molar-refractivity contribution in [1.29, 1.82) is 0 Å². The number of carbonyl (C=O) groups excluding carboxylic acids is 1. The number of nitrogens with zero attached hydrogens (tertiary/aromatic N) is 1. The summed E-state index contributed by atoms with van der Waals surface area (Å²) in [4.78, 5) is 24.5. The Balaban J connectivity index is 2.14. The van der Waals surface area contributed by atoms with Crippen LogP contribution in [0.4, 0.5) is 4.39 Å². The highest BCUT2D eigenvalue weighted by atomic mass is 35.5. The molecule has 30 heavy (non-hydrogen) atoms. The van der Waals surface area contributed by atoms with Crippen LogP contribution in [0.15, 0.2) is 23.1 Å². The van der Waals surface area contributed by atoms with E-state index in [9.17, 15) is 9.59 Å². The molecular weight excluding hydrogens is 413 g/mol. The molecule has 0 saturated carbocycles. The van der Waals surface area contributed by atoms with Crippen molar-refractivity contribution in [3.63, 3.8) is 0 Å². The summed E-state index contributed by atoms with van der Waals surface area (Å²) < 4.78 is 32.3. The zero-order valence-corrected chi connectivity index (χ0v) is 18.2. The first-order valence-electron chi connectivity index (χ1n) is 9.77. The fourth-order valence-electron chi connectivity index (χ4n) is 3.74. The van der Waals surface area contributed by atoms with Crippen LogP contribution in [0.25, 0.3) is 11.3 Å². The number of rotatable bonds is 7. The molecule has 0 amide bonds. The largest absolute Gasteiger partial charge is 0.492 e. The van der Waals surface area contributed by atoms with E-state index >= 15 is 4.39 Å². The summed E-state index contributed by atoms with van der Waals surface area (Å²) in [5.41, 5.74) is 0.174. The van der Waals surface area contributed by atoms with Gasteiger partial charge in [0.1, 0.15) is 11.3 Å². The van der Waals surface area contributed by atoms with E-state index < -0.39 is 17.2 Å². The molecule has 0 fully saturated rings. The SMILES string of the molecule is COCCCOc1cc2c(cc1Cl)-c1c(F)c(=O)c(C(=O)OC)cn1[C@H](C(C)C)C2. The fraction of sp³-hybridized carbons (Fsp3) is 0.455. The second kappa shape index (κ2) is 9.18. The second-order valence-corrected chi connectivity index (χ2v) is 7.99. The van der Waals surface area contributed by atoms with Gasteiger partial charge in [0.25, 0.3) is 0 Å². The van der Waals surface area contributed by atoms with Gasteiger partial charge in [0.05, 0.1) is 24.4 Å². The number of methoxy groups -OCH3 is 2. The van der Waals surface area contributed by atoms with Gasteiger partial charge in [0.2, 0.25) is 5.43 Å². The second-order valence-electron chi connectivity index (χ2n) is 7.58. The normalized spacial score (nSPS) is 15.0. The molecule has 0 saturated heterocycles. The van der Waals surface area contributed by atoms with Crippen molar-refractivity contribution < 1.29 is 23.4 Å². The van der Waals surface area contributed by atoms with Crippen molar-refractivity contribution in [2.45, 2.75) is 32.7 Å². The van der Waals surface area contributed by atoms with Gasteiger partial charge in [-0.1, -0.05) is 25.4 Å². The third kappa shape index (κ3) is 4.09. The highest BCUT2D eigenvalue weighted by molar-refractivity contribution is 6.32. The molecule has 0 unspecified atom stereocenters. The lowest BCUT2D eigenvalue weighted by molar-refractivity contribution is 0.0597. The maximum absolute atomic E-state index is 15.2. The summed E-state index contributed by atoms with van der Waals surface area (Å²) >= 11 is 6.40. The molecule has 0 bridgehead atoms. The maximum atomic E-state index is 15.2. The molecule has 1 aliphatic rings. The number of ether oxygens (including phenoxy) is 3. The van der Waals surface area contributed by atoms with Gasteiger partial charge >= 0.3 is 5.97 Å². The van der Waals surface area contributed by atoms with Crippen LogP contribution >= 0.6 is 11.6 Å². The van der Waals surface area contributed by atoms with E-state index in [1.165, 1.54) is 6.20 Å². The van der Waals surface area contributed by atoms with Gasteiger partial charge in [-0.2, -0.15) is 0 Å². The summed E-state index contributed by atoms with van der Waals surface area (Å²) in [7, 11) is 2.78. The average Bonchev–Trinajstić information content (AvgIpc) is 2.72. The van der Waals surface area contributed by atoms with Crippen molar-refractivity contribution in [2.24, 2.45) is 5.92 Å². The lowest BCUT2D eigenvalue weighted by atomic mass is 9.87. The van der Waals surface area contributed by atoms with E-state index in [1.54, 1.807) is 17.7 Å². The zero-order chi connectivity index (χ0) is 22.0. The van der Waals surface area contributed by atoms with Crippen LogP contribution in [-0.4, -0.2) is 38.0 Å². The molecule has 1 aromatic heterocycles. The van der Waals surface area contributed by atoms with Gasteiger partial charge in [-0.15, -0.1) is 0 Å². The Morgan fingerprint density at radius 3 is 2.67 bits per heavy atom. The molecule has 1 aromatic carbocycles. The Hall–Kier alpha value is -2.38. The van der Waals surface area contributed by atoms with Crippen molar-refractivity contribution in [3.05, 3.63) is 50.5 Å². The number of fused-ring (bicyclic) bond motifs is 3. The van der Waals surface area contributed by atoms with Crippen LogP contribution in [0.1, 0.15) is 42.2 Å². The molecule has 0 radical (unpaired) electrons. The molecule has 2 aromatic rings. The minimum Gasteiger partial charge on any atom is -0.492 e. The molecule has 3 rings (SSSR count). The Bertz CT molecular complexity index is 1020. The Morgan fingerprint density at radius 2 is 2.03 bits per heavy atom. The van der Waals surface area contributed by atoms with Crippen LogP contribution < -0.4 is 10.2 Å². The quantitative estimate of drug-likeness (QED) is 0.478. The van der Waals surface area contributed by atoms with Crippen molar-refractivity contribution in [2.75, 3.05) is 27.4 Å². The summed E-state index contributed by atoms with van der Waals surface area (Å²) in [5, 5.41) is 0.324. The highest BCUT2D eigenvalue weighted by Crippen LogP contribution is 2.42. The van der Waals surface area contributed by atoms with Crippen LogP contribution in [0.3, 0.4) is 0 Å². The van der Waals surface area contributed by atoms with E-state index in [0.717, 1.165) is 12.7 Å². The van der Waals surface area contributed by atoms with Gasteiger partial charge in [-0.25, -0.2) is 9.18 Å². The predicted octanol–water partition coefficient (Wildman–Crippen LogP) is 4.26. The molecule has 0 aliphatic carbocycles. The number of hydrogen-bond acceptors (Lipinski definition) is 5. The van der Waals surface area contributed by atoms with Crippen molar-refractivity contribution in [3.8, 4) is 17.0 Å². The predicted molar refractivity (Wildman–Crippen MR) is 112 cm³/mol. The lowest BCUT2D eigenvalue weighted by Gasteiger charge is -2.34. The molecule has 1 atom stereocenters. The molecule has 0 spiro atoms. The number of pyridine rings is 1. The number of benzene rings is 1. The third-order valence-electron chi connectivity index (χ3n) is 5.30. The van der Waals surface area contributed by atoms with Crippen LogP contribution in [0, 0.1) is 11.7 Å². The number of carbonyl (C=O) groups is 1. The smallest absolute Gasteiger partial charge is 0.343 e. The number of aromatic nitrogens is 1. The van der Waals surface area contributed by atoms with Crippen LogP contribution in [0.5, 0.6) is 5.75 Å². The lowest BCUT2D eigenvalue weighted by Crippen LogP contribution is -2.31. The maximum Gasteiger partial charge on any atom is 0.343 e. The molecule has 8 heteroatoms. The van der Waals surface area contributed by atoms with E-state index in [-0.39, 0.29) is 23.2 Å². The average molecular weight is 438 g/mol. The molecule has 162 valence electrons. The first kappa shape index (κ1) is 22.3. The molecule has 1 aliphatic heterocycles. The first-order valence-corrected chi connectivity index (χ1v) is 10.1. The summed E-state index contributed by atoms with van der Waals surface area (Å²) in [5.74, 6) is -1.22. The van der Waals surface area contributed by atoms with Crippen molar-refractivity contribution in [1.82, 2.24) is 4.57 Å². The molecule has 0 N–H and O–H groups in total. The van der Waals surface area contributed by atoms with Gasteiger partial charge < -0.3 is 18.8 Å². The summed E-state index contributed by atoms with van der Waals surface area (Å²) in [6, 6.07) is 3.26. The Labute approximate surface area is 179 Å². The molecular formula is C22H25ClFNO5. The topological polar surface area (TPSA) is 66.8 Å². The number of halogens is 2. The summed E-state index contributed by atoms with van der Waals surface area (Å²) in [6.07, 6.45) is 2.68.